The maximum atomic E-state index is 10.7. The number of nitrogens with zero attached hydrogens (tertiary/aromatic N) is 1. The van der Waals surface area contributed by atoms with Gasteiger partial charge in [-0.1, -0.05) is 18.9 Å². The minimum atomic E-state index is -0.893. The van der Waals surface area contributed by atoms with E-state index in [4.69, 9.17) is 4.74 Å². The largest absolute Gasteiger partial charge is 0.383 e. The van der Waals surface area contributed by atoms with Gasteiger partial charge in [-0.2, -0.15) is 0 Å². The molecule has 0 bridgehead atoms. The molecule has 3 N–H and O–H groups in total. The first kappa shape index (κ1) is 17.3. The van der Waals surface area contributed by atoms with Crippen molar-refractivity contribution >= 4 is 17.3 Å². The average molecular weight is 364 g/mol. The number of aliphatic hydroxyl groups is 1. The summed E-state index contributed by atoms with van der Waals surface area (Å²) in [6.07, 6.45) is 6.73. The molecule has 2 saturated carbocycles. The molecule has 1 spiro atoms. The van der Waals surface area contributed by atoms with E-state index >= 15 is 0 Å². The van der Waals surface area contributed by atoms with E-state index in [9.17, 15) is 5.11 Å². The lowest BCUT2D eigenvalue weighted by molar-refractivity contribution is -0.125. The third-order valence-corrected chi connectivity index (χ3v) is 7.58. The second kappa shape index (κ2) is 6.56. The van der Waals surface area contributed by atoms with Gasteiger partial charge in [0.25, 0.3) is 0 Å². The van der Waals surface area contributed by atoms with E-state index in [0.717, 1.165) is 23.9 Å². The number of hydrogen-bond donors (Lipinski definition) is 3. The van der Waals surface area contributed by atoms with E-state index in [1.807, 2.05) is 24.4 Å². The molecule has 6 heteroatoms. The van der Waals surface area contributed by atoms with E-state index in [2.05, 4.69) is 15.6 Å². The van der Waals surface area contributed by atoms with Crippen LogP contribution in [0.1, 0.15) is 43.9 Å². The Hall–Kier alpha value is -1.11. The molecule has 1 aliphatic heterocycles. The molecule has 2 heterocycles. The summed E-state index contributed by atoms with van der Waals surface area (Å²) in [5, 5.41) is 19.7. The molecule has 4 atom stereocenters. The number of thiophene rings is 1. The molecular formula is C19H29N3O2S. The fourth-order valence-corrected chi connectivity index (χ4v) is 5.96. The van der Waals surface area contributed by atoms with Crippen molar-refractivity contribution in [2.45, 2.75) is 56.8 Å². The van der Waals surface area contributed by atoms with Gasteiger partial charge >= 0.3 is 0 Å². The van der Waals surface area contributed by atoms with Crippen LogP contribution < -0.4 is 10.6 Å². The number of hydrogen-bond acceptors (Lipinski definition) is 4. The molecule has 4 rings (SSSR count). The Morgan fingerprint density at radius 1 is 1.48 bits per heavy atom. The van der Waals surface area contributed by atoms with Crippen molar-refractivity contribution < 1.29 is 9.84 Å². The molecule has 2 aliphatic carbocycles. The summed E-state index contributed by atoms with van der Waals surface area (Å²) < 4.78 is 6.06. The maximum Gasteiger partial charge on any atom is 0.191 e. The molecule has 5 nitrogen and oxygen atoms in total. The van der Waals surface area contributed by atoms with Gasteiger partial charge in [-0.05, 0) is 37.6 Å². The van der Waals surface area contributed by atoms with Gasteiger partial charge < -0.3 is 20.5 Å². The maximum absolute atomic E-state index is 10.7. The lowest BCUT2D eigenvalue weighted by Gasteiger charge is -2.57. The molecule has 1 saturated heterocycles. The monoisotopic (exact) mass is 363 g/mol. The number of rotatable bonds is 4. The molecule has 0 amide bonds. The minimum Gasteiger partial charge on any atom is -0.383 e. The molecule has 25 heavy (non-hydrogen) atoms. The van der Waals surface area contributed by atoms with Gasteiger partial charge in [0.2, 0.25) is 0 Å². The highest BCUT2D eigenvalue weighted by Crippen LogP contribution is 2.60. The van der Waals surface area contributed by atoms with Gasteiger partial charge in [0, 0.05) is 35.9 Å². The van der Waals surface area contributed by atoms with Gasteiger partial charge in [-0.25, -0.2) is 0 Å². The number of fused-ring (bicyclic) bond motifs is 2. The Labute approximate surface area is 153 Å². The summed E-state index contributed by atoms with van der Waals surface area (Å²) in [4.78, 5) is 5.38. The summed E-state index contributed by atoms with van der Waals surface area (Å²) in [5.41, 5.74) is -0.593. The van der Waals surface area contributed by atoms with E-state index in [0.29, 0.717) is 30.0 Å². The van der Waals surface area contributed by atoms with Crippen LogP contribution in [0.4, 0.5) is 0 Å². The zero-order chi connectivity index (χ0) is 17.5. The zero-order valence-corrected chi connectivity index (χ0v) is 15.9. The fourth-order valence-electron chi connectivity index (χ4n) is 5.17. The van der Waals surface area contributed by atoms with Crippen molar-refractivity contribution in [2.24, 2.45) is 16.3 Å². The second-order valence-corrected chi connectivity index (χ2v) is 8.93. The molecule has 3 fully saturated rings. The van der Waals surface area contributed by atoms with Crippen LogP contribution in [0.3, 0.4) is 0 Å². The number of guanidine groups is 1. The third kappa shape index (κ3) is 2.88. The van der Waals surface area contributed by atoms with Crippen molar-refractivity contribution in [2.75, 3.05) is 20.2 Å². The second-order valence-electron chi connectivity index (χ2n) is 7.98. The van der Waals surface area contributed by atoms with E-state index in [-0.39, 0.29) is 0 Å². The van der Waals surface area contributed by atoms with Gasteiger partial charge in [0.1, 0.15) is 5.60 Å². The Balaban J connectivity index is 1.40. The van der Waals surface area contributed by atoms with Crippen LogP contribution in [0.25, 0.3) is 0 Å². The lowest BCUT2D eigenvalue weighted by atomic mass is 9.54. The minimum absolute atomic E-state index is 0.301. The number of nitrogens with one attached hydrogen (secondary N) is 2. The van der Waals surface area contributed by atoms with Crippen LogP contribution in [-0.4, -0.2) is 43.4 Å². The van der Waals surface area contributed by atoms with Gasteiger partial charge in [-0.3, -0.25) is 4.99 Å². The first-order valence-electron chi connectivity index (χ1n) is 9.42. The first-order valence-corrected chi connectivity index (χ1v) is 10.3. The molecular weight excluding hydrogens is 334 g/mol. The van der Waals surface area contributed by atoms with Crippen LogP contribution in [0.5, 0.6) is 0 Å². The van der Waals surface area contributed by atoms with Crippen molar-refractivity contribution in [3.8, 4) is 0 Å². The highest BCUT2D eigenvalue weighted by molar-refractivity contribution is 7.10. The van der Waals surface area contributed by atoms with Crippen molar-refractivity contribution in [3.63, 3.8) is 0 Å². The van der Waals surface area contributed by atoms with E-state index in [1.165, 1.54) is 25.7 Å². The van der Waals surface area contributed by atoms with Crippen LogP contribution >= 0.6 is 11.3 Å². The summed E-state index contributed by atoms with van der Waals surface area (Å²) >= 11 is 1.58. The normalized spacial score (nSPS) is 32.9. The average Bonchev–Trinajstić information content (AvgIpc) is 3.34. The fraction of sp³-hybridized carbons (Fsp3) is 0.737. The van der Waals surface area contributed by atoms with Gasteiger partial charge in [0.05, 0.1) is 12.6 Å². The number of aliphatic imine (C=N–C) groups is 1. The predicted octanol–water partition coefficient (Wildman–Crippen LogP) is 2.47. The van der Waals surface area contributed by atoms with Crippen molar-refractivity contribution in [1.29, 1.82) is 0 Å². The Kier molecular flexibility index (Phi) is 4.54. The number of ether oxygens (including phenoxy) is 1. The molecule has 1 aromatic rings. The summed E-state index contributed by atoms with van der Waals surface area (Å²) in [7, 11) is 1.80. The highest BCUT2D eigenvalue weighted by atomic mass is 32.1. The van der Waals surface area contributed by atoms with Crippen LogP contribution in [-0.2, 0) is 10.3 Å². The zero-order valence-electron chi connectivity index (χ0n) is 15.1. The molecule has 1 aromatic heterocycles. The summed E-state index contributed by atoms with van der Waals surface area (Å²) in [5.74, 6) is 1.40. The van der Waals surface area contributed by atoms with E-state index in [1.54, 1.807) is 18.4 Å². The highest BCUT2D eigenvalue weighted by Gasteiger charge is 2.65. The molecule has 0 aromatic carbocycles. The summed E-state index contributed by atoms with van der Waals surface area (Å²) in [6.45, 7) is 3.19. The molecule has 0 radical (unpaired) electrons. The van der Waals surface area contributed by atoms with E-state index < -0.39 is 5.60 Å². The Bertz CT molecular complexity index is 623. The van der Waals surface area contributed by atoms with Gasteiger partial charge in [0.15, 0.2) is 5.96 Å². The summed E-state index contributed by atoms with van der Waals surface area (Å²) in [6, 6.07) is 4.39. The smallest absolute Gasteiger partial charge is 0.191 e. The first-order chi connectivity index (χ1) is 12.1. The van der Waals surface area contributed by atoms with Crippen molar-refractivity contribution in [3.05, 3.63) is 22.4 Å². The quantitative estimate of drug-likeness (QED) is 0.568. The molecule has 3 aliphatic rings. The topological polar surface area (TPSA) is 65.9 Å². The van der Waals surface area contributed by atoms with Crippen LogP contribution in [0, 0.1) is 11.3 Å². The van der Waals surface area contributed by atoms with Crippen molar-refractivity contribution in [1.82, 2.24) is 10.6 Å². The molecule has 138 valence electrons. The Morgan fingerprint density at radius 3 is 2.96 bits per heavy atom. The predicted molar refractivity (Wildman–Crippen MR) is 101 cm³/mol. The lowest BCUT2D eigenvalue weighted by Crippen LogP contribution is -2.69. The standard InChI is InChI=1S/C19H29N3O2S/c1-18(23,14-6-5-11-25-14)12-21-17(20-2)22-15-13-7-10-24-16(13)19(15)8-3-4-9-19/h5-6,11,13,15-16,23H,3-4,7-10,12H2,1-2H3,(H2,20,21,22). The Morgan fingerprint density at radius 2 is 2.28 bits per heavy atom. The van der Waals surface area contributed by atoms with Crippen LogP contribution in [0.2, 0.25) is 0 Å². The molecule has 4 unspecified atom stereocenters. The van der Waals surface area contributed by atoms with Crippen LogP contribution in [0.15, 0.2) is 22.5 Å². The van der Waals surface area contributed by atoms with Gasteiger partial charge in [-0.15, -0.1) is 11.3 Å². The SMILES string of the molecule is CN=C(NCC(C)(O)c1cccs1)NC1C2CCOC2C12CCCC2. The third-order valence-electron chi connectivity index (χ3n) is 6.45.